The molecule has 1 unspecified atom stereocenters. The second kappa shape index (κ2) is 7.87. The summed E-state index contributed by atoms with van der Waals surface area (Å²) in [6.45, 7) is 4.35. The van der Waals surface area contributed by atoms with Gasteiger partial charge in [-0.3, -0.25) is 9.59 Å². The van der Waals surface area contributed by atoms with E-state index in [1.54, 1.807) is 4.90 Å². The number of carbonyl (C=O) groups is 2. The Labute approximate surface area is 149 Å². The van der Waals surface area contributed by atoms with Gasteiger partial charge in [0.2, 0.25) is 11.8 Å². The van der Waals surface area contributed by atoms with Crippen molar-refractivity contribution in [1.29, 1.82) is 0 Å². The first-order valence-electron chi connectivity index (χ1n) is 9.10. The number of amides is 2. The molecule has 2 fully saturated rings. The molecule has 1 aromatic rings. The second-order valence-corrected chi connectivity index (χ2v) is 6.81. The molecular weight excluding hydrogens is 318 g/mol. The van der Waals surface area contributed by atoms with E-state index in [2.05, 4.69) is 17.3 Å². The molecule has 0 bridgehead atoms. The Morgan fingerprint density at radius 1 is 1.36 bits per heavy atom. The largest absolute Gasteiger partial charge is 0.492 e. The van der Waals surface area contributed by atoms with Crippen molar-refractivity contribution in [2.24, 2.45) is 5.92 Å². The fourth-order valence-electron chi connectivity index (χ4n) is 3.27. The first-order valence-corrected chi connectivity index (χ1v) is 9.10. The van der Waals surface area contributed by atoms with Crippen LogP contribution in [0.5, 0.6) is 5.75 Å². The van der Waals surface area contributed by atoms with E-state index in [4.69, 9.17) is 4.74 Å². The van der Waals surface area contributed by atoms with E-state index in [1.165, 1.54) is 12.8 Å². The number of para-hydroxylation sites is 2. The van der Waals surface area contributed by atoms with Crippen LogP contribution in [0.4, 0.5) is 5.69 Å². The van der Waals surface area contributed by atoms with Crippen LogP contribution in [-0.2, 0) is 9.59 Å². The maximum atomic E-state index is 12.4. The zero-order chi connectivity index (χ0) is 17.8. The third-order valence-electron chi connectivity index (χ3n) is 4.89. The number of anilines is 1. The third kappa shape index (κ3) is 4.31. The van der Waals surface area contributed by atoms with Crippen molar-refractivity contribution < 1.29 is 14.3 Å². The minimum absolute atomic E-state index is 0.0256. The predicted molar refractivity (Wildman–Crippen MR) is 96.7 cm³/mol. The summed E-state index contributed by atoms with van der Waals surface area (Å²) in [6.07, 6.45) is 2.77. The molecule has 136 valence electrons. The van der Waals surface area contributed by atoms with E-state index in [1.807, 2.05) is 31.2 Å². The van der Waals surface area contributed by atoms with Crippen molar-refractivity contribution in [3.05, 3.63) is 24.3 Å². The Kier molecular flexibility index (Phi) is 5.58. The summed E-state index contributed by atoms with van der Waals surface area (Å²) in [5.41, 5.74) is 0.748. The molecule has 2 aliphatic rings. The van der Waals surface area contributed by atoms with Crippen LogP contribution in [0.1, 0.15) is 26.2 Å². The monoisotopic (exact) mass is 345 g/mol. The molecule has 0 radical (unpaired) electrons. The van der Waals surface area contributed by atoms with Gasteiger partial charge in [0.15, 0.2) is 0 Å². The average molecular weight is 345 g/mol. The van der Waals surface area contributed by atoms with Crippen LogP contribution >= 0.6 is 0 Å². The summed E-state index contributed by atoms with van der Waals surface area (Å²) in [5.74, 6) is 0.329. The Hall–Kier alpha value is -2.08. The molecule has 2 amide bonds. The number of hydrogen-bond acceptors (Lipinski definition) is 4. The van der Waals surface area contributed by atoms with Gasteiger partial charge in [0.1, 0.15) is 5.75 Å². The molecule has 1 aromatic carbocycles. The smallest absolute Gasteiger partial charge is 0.227 e. The Bertz CT molecular complexity index is 630. The van der Waals surface area contributed by atoms with Gasteiger partial charge in [0.25, 0.3) is 0 Å². The van der Waals surface area contributed by atoms with Gasteiger partial charge in [-0.25, -0.2) is 0 Å². The van der Waals surface area contributed by atoms with Gasteiger partial charge in [-0.05, 0) is 38.9 Å². The standard InChI is InChI=1S/C19H27N3O3/c1-3-25-17-7-5-4-6-16(17)22-13-14(12-18(22)23)19(24)20-10-11-21(2)15-8-9-15/h4-7,14-15H,3,8-13H2,1-2H3,(H,20,24). The SMILES string of the molecule is CCOc1ccccc1N1CC(C(=O)NCCN(C)C2CC2)CC1=O. The lowest BCUT2D eigenvalue weighted by Crippen LogP contribution is -2.38. The Morgan fingerprint density at radius 2 is 2.12 bits per heavy atom. The van der Waals surface area contributed by atoms with Crippen molar-refractivity contribution in [2.45, 2.75) is 32.2 Å². The maximum absolute atomic E-state index is 12.4. The third-order valence-corrected chi connectivity index (χ3v) is 4.89. The van der Waals surface area contributed by atoms with Gasteiger partial charge < -0.3 is 19.9 Å². The number of carbonyl (C=O) groups excluding carboxylic acids is 2. The summed E-state index contributed by atoms with van der Waals surface area (Å²) in [7, 11) is 2.09. The number of nitrogens with zero attached hydrogens (tertiary/aromatic N) is 2. The van der Waals surface area contributed by atoms with E-state index in [-0.39, 0.29) is 24.2 Å². The molecule has 1 saturated carbocycles. The van der Waals surface area contributed by atoms with Crippen molar-refractivity contribution >= 4 is 17.5 Å². The van der Waals surface area contributed by atoms with E-state index in [0.717, 1.165) is 12.2 Å². The van der Waals surface area contributed by atoms with Crippen molar-refractivity contribution in [2.75, 3.05) is 38.2 Å². The van der Waals surface area contributed by atoms with Crippen LogP contribution in [0.15, 0.2) is 24.3 Å². The lowest BCUT2D eigenvalue weighted by Gasteiger charge is -2.20. The molecule has 1 N–H and O–H groups in total. The van der Waals surface area contributed by atoms with Crippen molar-refractivity contribution in [3.8, 4) is 5.75 Å². The first-order chi connectivity index (χ1) is 12.1. The fourth-order valence-corrected chi connectivity index (χ4v) is 3.27. The summed E-state index contributed by atoms with van der Waals surface area (Å²) >= 11 is 0. The van der Waals surface area contributed by atoms with Crippen LogP contribution in [0.25, 0.3) is 0 Å². The van der Waals surface area contributed by atoms with Gasteiger partial charge in [-0.1, -0.05) is 12.1 Å². The lowest BCUT2D eigenvalue weighted by molar-refractivity contribution is -0.126. The van der Waals surface area contributed by atoms with Gasteiger partial charge >= 0.3 is 0 Å². The van der Waals surface area contributed by atoms with Crippen LogP contribution in [0.3, 0.4) is 0 Å². The van der Waals surface area contributed by atoms with Crippen LogP contribution < -0.4 is 15.0 Å². The Balaban J connectivity index is 1.55. The first kappa shape index (κ1) is 17.7. The maximum Gasteiger partial charge on any atom is 0.227 e. The Morgan fingerprint density at radius 3 is 2.84 bits per heavy atom. The molecule has 6 heteroatoms. The number of likely N-dealkylation sites (N-methyl/N-ethyl adjacent to an activating group) is 1. The second-order valence-electron chi connectivity index (χ2n) is 6.81. The minimum Gasteiger partial charge on any atom is -0.492 e. The average Bonchev–Trinajstić information content (AvgIpc) is 3.38. The van der Waals surface area contributed by atoms with Gasteiger partial charge in [0, 0.05) is 32.1 Å². The molecule has 1 aliphatic carbocycles. The highest BCUT2D eigenvalue weighted by Crippen LogP contribution is 2.33. The molecule has 25 heavy (non-hydrogen) atoms. The fraction of sp³-hybridized carbons (Fsp3) is 0.579. The highest BCUT2D eigenvalue weighted by Gasteiger charge is 2.36. The highest BCUT2D eigenvalue weighted by molar-refractivity contribution is 6.01. The van der Waals surface area contributed by atoms with Gasteiger partial charge in [-0.15, -0.1) is 0 Å². The van der Waals surface area contributed by atoms with E-state index in [0.29, 0.717) is 31.5 Å². The van der Waals surface area contributed by atoms with Gasteiger partial charge in [-0.2, -0.15) is 0 Å². The molecule has 3 rings (SSSR count). The van der Waals surface area contributed by atoms with Crippen LogP contribution in [0.2, 0.25) is 0 Å². The summed E-state index contributed by atoms with van der Waals surface area (Å²) in [5, 5.41) is 2.98. The molecule has 0 spiro atoms. The number of nitrogens with one attached hydrogen (secondary N) is 1. The summed E-state index contributed by atoms with van der Waals surface area (Å²) in [4.78, 5) is 28.8. The summed E-state index contributed by atoms with van der Waals surface area (Å²) in [6, 6.07) is 8.18. The van der Waals surface area contributed by atoms with Gasteiger partial charge in [0.05, 0.1) is 18.2 Å². The molecule has 0 aromatic heterocycles. The minimum atomic E-state index is -0.298. The highest BCUT2D eigenvalue weighted by atomic mass is 16.5. The van der Waals surface area contributed by atoms with E-state index >= 15 is 0 Å². The van der Waals surface area contributed by atoms with Crippen molar-refractivity contribution in [3.63, 3.8) is 0 Å². The molecule has 1 saturated heterocycles. The van der Waals surface area contributed by atoms with Crippen LogP contribution in [0, 0.1) is 5.92 Å². The number of ether oxygens (including phenoxy) is 1. The van der Waals surface area contributed by atoms with Crippen molar-refractivity contribution in [1.82, 2.24) is 10.2 Å². The number of hydrogen-bond donors (Lipinski definition) is 1. The number of benzene rings is 1. The number of rotatable bonds is 8. The van der Waals surface area contributed by atoms with E-state index < -0.39 is 0 Å². The normalized spacial score (nSPS) is 20.2. The zero-order valence-corrected chi connectivity index (χ0v) is 15.0. The molecule has 1 atom stereocenters. The topological polar surface area (TPSA) is 61.9 Å². The molecule has 1 heterocycles. The lowest BCUT2D eigenvalue weighted by atomic mass is 10.1. The van der Waals surface area contributed by atoms with Crippen LogP contribution in [-0.4, -0.2) is 56.0 Å². The molecule has 6 nitrogen and oxygen atoms in total. The summed E-state index contributed by atoms with van der Waals surface area (Å²) < 4.78 is 5.61. The van der Waals surface area contributed by atoms with E-state index in [9.17, 15) is 9.59 Å². The molecule has 1 aliphatic heterocycles. The zero-order valence-electron chi connectivity index (χ0n) is 15.0. The predicted octanol–water partition coefficient (Wildman–Crippen LogP) is 1.65. The molecular formula is C19H27N3O3. The quantitative estimate of drug-likeness (QED) is 0.778.